The van der Waals surface area contributed by atoms with Crippen molar-refractivity contribution in [3.63, 3.8) is 0 Å². The minimum absolute atomic E-state index is 0.233. The summed E-state index contributed by atoms with van der Waals surface area (Å²) in [5, 5.41) is 17.3. The number of carbonyl (C=O) groups excluding carboxylic acids is 1. The molecule has 2 atom stereocenters. The van der Waals surface area contributed by atoms with Crippen LogP contribution in [0.4, 0.5) is 4.79 Å². The van der Waals surface area contributed by atoms with E-state index in [1.165, 1.54) is 6.42 Å². The summed E-state index contributed by atoms with van der Waals surface area (Å²) < 4.78 is 5.33. The molecule has 0 aliphatic heterocycles. The molecule has 2 aliphatic carbocycles. The van der Waals surface area contributed by atoms with Gasteiger partial charge in [0.1, 0.15) is 0 Å². The lowest BCUT2D eigenvalue weighted by atomic mass is 9.85. The zero-order valence-corrected chi connectivity index (χ0v) is 14.9. The molecule has 0 saturated heterocycles. The second kappa shape index (κ2) is 7.07. The highest BCUT2D eigenvalue weighted by atomic mass is 16.5. The van der Waals surface area contributed by atoms with E-state index < -0.39 is 6.10 Å². The molecule has 2 aromatic rings. The number of fused-ring (bicyclic) bond motifs is 1. The van der Waals surface area contributed by atoms with E-state index in [1.807, 2.05) is 31.2 Å². The standard InChI is InChI=1S/C19H24N4O3/c1-2-23(11-16-20-18(26-22-16)12-7-5-8-12)19(25)21-17-14-9-4-3-6-13(14)10-15(17)24/h3-4,6,9,12,15,17,24H,2,5,7-8,10-11H2,1H3,(H,21,25)/t15-,17-/m0/s1. The van der Waals surface area contributed by atoms with Crippen LogP contribution in [0.15, 0.2) is 28.8 Å². The van der Waals surface area contributed by atoms with Gasteiger partial charge >= 0.3 is 6.03 Å². The third-order valence-electron chi connectivity index (χ3n) is 5.42. The molecule has 4 rings (SSSR count). The highest BCUT2D eigenvalue weighted by molar-refractivity contribution is 5.75. The molecule has 2 aliphatic rings. The van der Waals surface area contributed by atoms with E-state index in [0.29, 0.717) is 37.1 Å². The Bertz CT molecular complexity index is 787. The SMILES string of the molecule is CCN(Cc1noc(C2CCC2)n1)C(=O)N[C@H]1c2ccccc2C[C@@H]1O. The Morgan fingerprint density at radius 1 is 1.38 bits per heavy atom. The first kappa shape index (κ1) is 17.0. The molecule has 2 amide bonds. The molecule has 0 bridgehead atoms. The van der Waals surface area contributed by atoms with Gasteiger partial charge in [-0.25, -0.2) is 4.79 Å². The number of benzene rings is 1. The number of aromatic nitrogens is 2. The monoisotopic (exact) mass is 356 g/mol. The Hall–Kier alpha value is -2.41. The molecule has 138 valence electrons. The molecule has 0 spiro atoms. The van der Waals surface area contributed by atoms with Crippen LogP contribution in [0.1, 0.15) is 61.0 Å². The summed E-state index contributed by atoms with van der Waals surface area (Å²) in [5.74, 6) is 1.59. The second-order valence-electron chi connectivity index (χ2n) is 7.09. The molecule has 7 heteroatoms. The highest BCUT2D eigenvalue weighted by Crippen LogP contribution is 2.35. The number of urea groups is 1. The van der Waals surface area contributed by atoms with Crippen LogP contribution in [0.25, 0.3) is 0 Å². The van der Waals surface area contributed by atoms with Crippen LogP contribution in [0, 0.1) is 0 Å². The number of hydrogen-bond acceptors (Lipinski definition) is 5. The van der Waals surface area contributed by atoms with Crippen molar-refractivity contribution < 1.29 is 14.4 Å². The number of aliphatic hydroxyl groups excluding tert-OH is 1. The van der Waals surface area contributed by atoms with Gasteiger partial charge in [0, 0.05) is 18.9 Å². The second-order valence-corrected chi connectivity index (χ2v) is 7.09. The average Bonchev–Trinajstić information content (AvgIpc) is 3.16. The van der Waals surface area contributed by atoms with E-state index in [0.717, 1.165) is 24.0 Å². The van der Waals surface area contributed by atoms with Crippen molar-refractivity contribution in [1.29, 1.82) is 0 Å². The van der Waals surface area contributed by atoms with Crippen molar-refractivity contribution in [3.8, 4) is 0 Å². The van der Waals surface area contributed by atoms with Crippen molar-refractivity contribution in [1.82, 2.24) is 20.4 Å². The number of nitrogens with one attached hydrogen (secondary N) is 1. The van der Waals surface area contributed by atoms with Crippen LogP contribution in [0.2, 0.25) is 0 Å². The zero-order chi connectivity index (χ0) is 18.1. The molecule has 0 unspecified atom stereocenters. The summed E-state index contributed by atoms with van der Waals surface area (Å²) in [6, 6.07) is 7.20. The number of rotatable bonds is 5. The summed E-state index contributed by atoms with van der Waals surface area (Å²) in [7, 11) is 0. The quantitative estimate of drug-likeness (QED) is 0.859. The fourth-order valence-corrected chi connectivity index (χ4v) is 3.62. The Kier molecular flexibility index (Phi) is 4.63. The van der Waals surface area contributed by atoms with E-state index in [-0.39, 0.29) is 12.1 Å². The molecule has 26 heavy (non-hydrogen) atoms. The fourth-order valence-electron chi connectivity index (χ4n) is 3.62. The van der Waals surface area contributed by atoms with Crippen LogP contribution in [0.3, 0.4) is 0 Å². The Morgan fingerprint density at radius 2 is 2.19 bits per heavy atom. The number of carbonyl (C=O) groups is 1. The van der Waals surface area contributed by atoms with Crippen molar-refractivity contribution in [2.75, 3.05) is 6.54 Å². The molecule has 1 saturated carbocycles. The molecule has 0 radical (unpaired) electrons. The zero-order valence-electron chi connectivity index (χ0n) is 14.9. The van der Waals surface area contributed by atoms with E-state index in [9.17, 15) is 9.90 Å². The minimum Gasteiger partial charge on any atom is -0.390 e. The van der Waals surface area contributed by atoms with Crippen LogP contribution in [-0.2, 0) is 13.0 Å². The summed E-state index contributed by atoms with van der Waals surface area (Å²) in [4.78, 5) is 18.8. The van der Waals surface area contributed by atoms with Gasteiger partial charge in [-0.05, 0) is 30.9 Å². The predicted molar refractivity (Wildman–Crippen MR) is 94.4 cm³/mol. The number of amides is 2. The smallest absolute Gasteiger partial charge is 0.318 e. The van der Waals surface area contributed by atoms with Crippen LogP contribution >= 0.6 is 0 Å². The molecule has 2 N–H and O–H groups in total. The van der Waals surface area contributed by atoms with Crippen LogP contribution < -0.4 is 5.32 Å². The van der Waals surface area contributed by atoms with Gasteiger partial charge in [-0.2, -0.15) is 4.98 Å². The summed E-state index contributed by atoms with van der Waals surface area (Å²) >= 11 is 0. The lowest BCUT2D eigenvalue weighted by molar-refractivity contribution is 0.133. The van der Waals surface area contributed by atoms with Gasteiger partial charge in [0.05, 0.1) is 18.7 Å². The van der Waals surface area contributed by atoms with E-state index in [1.54, 1.807) is 4.90 Å². The van der Waals surface area contributed by atoms with Gasteiger partial charge in [-0.15, -0.1) is 0 Å². The first-order valence-corrected chi connectivity index (χ1v) is 9.29. The largest absolute Gasteiger partial charge is 0.390 e. The first-order chi connectivity index (χ1) is 12.7. The molecule has 1 aromatic heterocycles. The van der Waals surface area contributed by atoms with Gasteiger partial charge in [0.15, 0.2) is 5.82 Å². The van der Waals surface area contributed by atoms with Gasteiger partial charge in [0.25, 0.3) is 0 Å². The first-order valence-electron chi connectivity index (χ1n) is 9.29. The highest BCUT2D eigenvalue weighted by Gasteiger charge is 2.33. The summed E-state index contributed by atoms with van der Waals surface area (Å²) in [5.41, 5.74) is 2.06. The molecular formula is C19H24N4O3. The molecule has 1 aromatic carbocycles. The van der Waals surface area contributed by atoms with Gasteiger partial charge in [-0.1, -0.05) is 35.8 Å². The van der Waals surface area contributed by atoms with Crippen LogP contribution in [0.5, 0.6) is 0 Å². The molecule has 7 nitrogen and oxygen atoms in total. The molecule has 1 heterocycles. The maximum absolute atomic E-state index is 12.7. The van der Waals surface area contributed by atoms with Crippen molar-refractivity contribution in [2.24, 2.45) is 0 Å². The third kappa shape index (κ3) is 3.19. The lowest BCUT2D eigenvalue weighted by Gasteiger charge is -2.24. The predicted octanol–water partition coefficient (Wildman–Crippen LogP) is 2.53. The Morgan fingerprint density at radius 3 is 2.92 bits per heavy atom. The number of aliphatic hydroxyl groups is 1. The number of hydrogen-bond donors (Lipinski definition) is 2. The summed E-state index contributed by atoms with van der Waals surface area (Å²) in [6.45, 7) is 2.72. The van der Waals surface area contributed by atoms with Crippen molar-refractivity contribution in [3.05, 3.63) is 47.1 Å². The Balaban J connectivity index is 1.42. The molecular weight excluding hydrogens is 332 g/mol. The van der Waals surface area contributed by atoms with E-state index in [2.05, 4.69) is 15.5 Å². The minimum atomic E-state index is -0.606. The fraction of sp³-hybridized carbons (Fsp3) is 0.526. The molecule has 1 fully saturated rings. The van der Waals surface area contributed by atoms with Gasteiger partial charge in [0.2, 0.25) is 5.89 Å². The third-order valence-corrected chi connectivity index (χ3v) is 5.42. The van der Waals surface area contributed by atoms with Crippen LogP contribution in [-0.4, -0.2) is 38.8 Å². The topological polar surface area (TPSA) is 91.5 Å². The number of nitrogens with zero attached hydrogens (tertiary/aromatic N) is 3. The van der Waals surface area contributed by atoms with E-state index >= 15 is 0 Å². The van der Waals surface area contributed by atoms with Crippen molar-refractivity contribution >= 4 is 6.03 Å². The van der Waals surface area contributed by atoms with E-state index in [4.69, 9.17) is 4.52 Å². The van der Waals surface area contributed by atoms with Gasteiger partial charge in [-0.3, -0.25) is 0 Å². The average molecular weight is 356 g/mol. The summed E-state index contributed by atoms with van der Waals surface area (Å²) in [6.07, 6.45) is 3.35. The Labute approximate surface area is 152 Å². The maximum atomic E-state index is 12.7. The van der Waals surface area contributed by atoms with Gasteiger partial charge < -0.3 is 19.8 Å². The maximum Gasteiger partial charge on any atom is 0.318 e. The normalized spacial score (nSPS) is 21.9. The lowest BCUT2D eigenvalue weighted by Crippen LogP contribution is -2.43. The van der Waals surface area contributed by atoms with Crippen molar-refractivity contribution in [2.45, 2.75) is 57.2 Å².